The summed E-state index contributed by atoms with van der Waals surface area (Å²) in [5, 5.41) is 4.87. The molecule has 0 aromatic carbocycles. The van der Waals surface area contributed by atoms with Crippen LogP contribution in [0.1, 0.15) is 17.7 Å². The summed E-state index contributed by atoms with van der Waals surface area (Å²) >= 11 is 4.98. The van der Waals surface area contributed by atoms with Gasteiger partial charge < -0.3 is 16.0 Å². The number of halogens is 1. The lowest BCUT2D eigenvalue weighted by molar-refractivity contribution is -0.123. The van der Waals surface area contributed by atoms with Crippen LogP contribution in [0.5, 0.6) is 0 Å². The molecule has 104 valence electrons. The fraction of sp³-hybridized carbons (Fsp3) is 0.500. The number of nitrogens with one attached hydrogen (secondary N) is 1. The molecule has 0 bridgehead atoms. The van der Waals surface area contributed by atoms with Crippen LogP contribution in [0.2, 0.25) is 0 Å². The molecule has 3 amide bonds. The average Bonchev–Trinajstić information content (AvgIpc) is 2.82. The molecule has 1 aromatic heterocycles. The molecular weight excluding hydrogens is 330 g/mol. The number of rotatable bonds is 3. The van der Waals surface area contributed by atoms with Crippen molar-refractivity contribution in [3.05, 3.63) is 20.8 Å². The van der Waals surface area contributed by atoms with Crippen LogP contribution in [-0.4, -0.2) is 29.9 Å². The number of hydrogen-bond acceptors (Lipinski definition) is 3. The van der Waals surface area contributed by atoms with Gasteiger partial charge in [-0.25, -0.2) is 4.79 Å². The Morgan fingerprint density at radius 2 is 2.16 bits per heavy atom. The molecule has 0 aliphatic carbocycles. The van der Waals surface area contributed by atoms with Crippen LogP contribution >= 0.6 is 27.3 Å². The highest BCUT2D eigenvalue weighted by Gasteiger charge is 2.25. The first-order chi connectivity index (χ1) is 9.06. The van der Waals surface area contributed by atoms with Gasteiger partial charge in [0.05, 0.1) is 6.54 Å². The molecule has 1 saturated heterocycles. The van der Waals surface area contributed by atoms with Gasteiger partial charge in [0.1, 0.15) is 0 Å². The summed E-state index contributed by atoms with van der Waals surface area (Å²) in [7, 11) is 0. The Morgan fingerprint density at radius 1 is 1.47 bits per heavy atom. The lowest BCUT2D eigenvalue weighted by atomic mass is 9.96. The van der Waals surface area contributed by atoms with E-state index in [1.165, 1.54) is 0 Å². The highest BCUT2D eigenvalue weighted by atomic mass is 79.9. The average molecular weight is 346 g/mol. The highest BCUT2D eigenvalue weighted by molar-refractivity contribution is 9.10. The van der Waals surface area contributed by atoms with Crippen LogP contribution in [0.3, 0.4) is 0 Å². The van der Waals surface area contributed by atoms with Crippen LogP contribution in [0.4, 0.5) is 4.79 Å². The second-order valence-corrected chi connectivity index (χ2v) is 6.47. The van der Waals surface area contributed by atoms with Crippen LogP contribution in [-0.2, 0) is 11.3 Å². The van der Waals surface area contributed by atoms with E-state index in [-0.39, 0.29) is 17.9 Å². The molecule has 0 spiro atoms. The standard InChI is InChI=1S/C12H16BrN3O2S/c13-9-5-10(19-7-9)6-15-12(18)16-3-1-8(2-4-16)11(14)17/h5,7-8H,1-4,6H2,(H2,14,17)(H,15,18). The van der Waals surface area contributed by atoms with E-state index in [2.05, 4.69) is 21.2 Å². The summed E-state index contributed by atoms with van der Waals surface area (Å²) < 4.78 is 1.03. The van der Waals surface area contributed by atoms with E-state index in [0.717, 1.165) is 9.35 Å². The summed E-state index contributed by atoms with van der Waals surface area (Å²) in [6.07, 6.45) is 1.32. The number of likely N-dealkylation sites (tertiary alicyclic amines) is 1. The third kappa shape index (κ3) is 3.94. The largest absolute Gasteiger partial charge is 0.369 e. The van der Waals surface area contributed by atoms with Gasteiger partial charge >= 0.3 is 6.03 Å². The van der Waals surface area contributed by atoms with Gasteiger partial charge in [0.25, 0.3) is 0 Å². The van der Waals surface area contributed by atoms with Crippen LogP contribution < -0.4 is 11.1 Å². The fourth-order valence-electron chi connectivity index (χ4n) is 2.09. The first-order valence-corrected chi connectivity index (χ1v) is 7.78. The summed E-state index contributed by atoms with van der Waals surface area (Å²) in [5.41, 5.74) is 5.26. The van der Waals surface area contributed by atoms with Crippen molar-refractivity contribution < 1.29 is 9.59 Å². The molecule has 1 fully saturated rings. The quantitative estimate of drug-likeness (QED) is 0.877. The van der Waals surface area contributed by atoms with Gasteiger partial charge in [-0.15, -0.1) is 11.3 Å². The Labute approximate surface area is 124 Å². The van der Waals surface area contributed by atoms with Crippen LogP contribution in [0, 0.1) is 5.92 Å². The van der Waals surface area contributed by atoms with E-state index < -0.39 is 0 Å². The number of amides is 3. The summed E-state index contributed by atoms with van der Waals surface area (Å²) in [6.45, 7) is 1.71. The van der Waals surface area contributed by atoms with Crippen molar-refractivity contribution in [3.63, 3.8) is 0 Å². The predicted molar refractivity (Wildman–Crippen MR) is 77.7 cm³/mol. The van der Waals surface area contributed by atoms with Gasteiger partial charge in [0.15, 0.2) is 0 Å². The molecule has 1 aromatic rings. The maximum Gasteiger partial charge on any atom is 0.317 e. The molecular formula is C12H16BrN3O2S. The number of urea groups is 1. The minimum Gasteiger partial charge on any atom is -0.369 e. The maximum atomic E-state index is 11.9. The number of primary amides is 1. The van der Waals surface area contributed by atoms with Gasteiger partial charge in [-0.3, -0.25) is 4.79 Å². The normalized spacial score (nSPS) is 16.4. The first kappa shape index (κ1) is 14.3. The molecule has 0 unspecified atom stereocenters. The monoisotopic (exact) mass is 345 g/mol. The second-order valence-electron chi connectivity index (χ2n) is 4.55. The smallest absolute Gasteiger partial charge is 0.317 e. The minimum atomic E-state index is -0.261. The minimum absolute atomic E-state index is 0.0764. The van der Waals surface area contributed by atoms with Crippen molar-refractivity contribution >= 4 is 39.2 Å². The lowest BCUT2D eigenvalue weighted by Gasteiger charge is -2.30. The molecule has 19 heavy (non-hydrogen) atoms. The zero-order valence-electron chi connectivity index (χ0n) is 10.4. The number of piperidine rings is 1. The maximum absolute atomic E-state index is 11.9. The Kier molecular flexibility index (Phi) is 4.81. The summed E-state index contributed by atoms with van der Waals surface area (Å²) in [5.74, 6) is -0.346. The molecule has 3 N–H and O–H groups in total. The molecule has 0 radical (unpaired) electrons. The van der Waals surface area contributed by atoms with Crippen LogP contribution in [0.25, 0.3) is 0 Å². The number of hydrogen-bond donors (Lipinski definition) is 2. The molecule has 0 atom stereocenters. The van der Waals surface area contributed by atoms with Gasteiger partial charge in [0, 0.05) is 33.7 Å². The van der Waals surface area contributed by atoms with Gasteiger partial charge in [0.2, 0.25) is 5.91 Å². The molecule has 0 saturated carbocycles. The molecule has 1 aliphatic heterocycles. The zero-order chi connectivity index (χ0) is 13.8. The third-order valence-electron chi connectivity index (χ3n) is 3.22. The Morgan fingerprint density at radius 3 is 2.68 bits per heavy atom. The van der Waals surface area contributed by atoms with E-state index in [1.54, 1.807) is 16.2 Å². The van der Waals surface area contributed by atoms with Crippen molar-refractivity contribution in [2.45, 2.75) is 19.4 Å². The number of nitrogens with zero attached hydrogens (tertiary/aromatic N) is 1. The van der Waals surface area contributed by atoms with E-state index in [9.17, 15) is 9.59 Å². The van der Waals surface area contributed by atoms with Crippen molar-refractivity contribution in [1.82, 2.24) is 10.2 Å². The van der Waals surface area contributed by atoms with E-state index in [0.29, 0.717) is 32.5 Å². The van der Waals surface area contributed by atoms with Crippen molar-refractivity contribution in [1.29, 1.82) is 0 Å². The van der Waals surface area contributed by atoms with E-state index in [1.807, 2.05) is 11.4 Å². The summed E-state index contributed by atoms with van der Waals surface area (Å²) in [6, 6.07) is 1.91. The summed E-state index contributed by atoms with van der Waals surface area (Å²) in [4.78, 5) is 25.8. The number of carbonyl (C=O) groups excluding carboxylic acids is 2. The number of carbonyl (C=O) groups is 2. The van der Waals surface area contributed by atoms with Gasteiger partial charge in [-0.2, -0.15) is 0 Å². The number of nitrogens with two attached hydrogens (primary N) is 1. The number of thiophene rings is 1. The molecule has 2 heterocycles. The van der Waals surface area contributed by atoms with Crippen molar-refractivity contribution in [2.75, 3.05) is 13.1 Å². The van der Waals surface area contributed by atoms with Gasteiger partial charge in [-0.1, -0.05) is 0 Å². The first-order valence-electron chi connectivity index (χ1n) is 6.11. The molecule has 1 aliphatic rings. The SMILES string of the molecule is NC(=O)C1CCN(C(=O)NCc2cc(Br)cs2)CC1. The Hall–Kier alpha value is -1.08. The van der Waals surface area contributed by atoms with Crippen LogP contribution in [0.15, 0.2) is 15.9 Å². The molecule has 5 nitrogen and oxygen atoms in total. The van der Waals surface area contributed by atoms with Crippen molar-refractivity contribution in [3.8, 4) is 0 Å². The molecule has 2 rings (SSSR count). The van der Waals surface area contributed by atoms with E-state index in [4.69, 9.17) is 5.73 Å². The van der Waals surface area contributed by atoms with Crippen molar-refractivity contribution in [2.24, 2.45) is 11.7 Å². The Bertz CT molecular complexity index is 469. The predicted octanol–water partition coefficient (Wildman–Crippen LogP) is 1.92. The fourth-order valence-corrected chi connectivity index (χ4v) is 3.48. The highest BCUT2D eigenvalue weighted by Crippen LogP contribution is 2.20. The van der Waals surface area contributed by atoms with Gasteiger partial charge in [-0.05, 0) is 34.8 Å². The lowest BCUT2D eigenvalue weighted by Crippen LogP contribution is -2.46. The molecule has 7 heteroatoms. The third-order valence-corrected chi connectivity index (χ3v) is 4.92. The topological polar surface area (TPSA) is 75.4 Å². The Balaban J connectivity index is 1.77. The van der Waals surface area contributed by atoms with E-state index >= 15 is 0 Å². The second kappa shape index (κ2) is 6.38. The zero-order valence-corrected chi connectivity index (χ0v) is 12.8.